The van der Waals surface area contributed by atoms with Gasteiger partial charge >= 0.3 is 5.97 Å². The topological polar surface area (TPSA) is 102 Å². The molecule has 0 saturated carbocycles. The number of rotatable bonds is 6. The van der Waals surface area contributed by atoms with Crippen LogP contribution in [0.3, 0.4) is 0 Å². The van der Waals surface area contributed by atoms with E-state index in [9.17, 15) is 19.5 Å². The molecule has 1 atom stereocenters. The van der Waals surface area contributed by atoms with E-state index in [0.29, 0.717) is 29.1 Å². The summed E-state index contributed by atoms with van der Waals surface area (Å²) in [5.74, 6) is -2.00. The van der Waals surface area contributed by atoms with E-state index in [-0.39, 0.29) is 34.5 Å². The number of nitrogens with zero attached hydrogens (tertiary/aromatic N) is 1. The maximum absolute atomic E-state index is 13.2. The second-order valence-corrected chi connectivity index (χ2v) is 10.3. The van der Waals surface area contributed by atoms with Gasteiger partial charge in [0.05, 0.1) is 15.6 Å². The zero-order valence-corrected chi connectivity index (χ0v) is 22.2. The SMILES string of the molecule is O=C(N[C@@H](Cc1c[nH]c2ccccc12)C(=O)O)c1c(Cl)cc2c(c1Cl)CCN(C(=O)c1ccc(Cl)cc1)C2. The number of halogens is 3. The molecule has 1 aromatic heterocycles. The Morgan fingerprint density at radius 2 is 1.79 bits per heavy atom. The average molecular weight is 571 g/mol. The lowest BCUT2D eigenvalue weighted by Crippen LogP contribution is -2.42. The summed E-state index contributed by atoms with van der Waals surface area (Å²) < 4.78 is 0. The normalized spacial score (nSPS) is 13.7. The lowest BCUT2D eigenvalue weighted by atomic mass is 9.95. The number of fused-ring (bicyclic) bond motifs is 2. The van der Waals surface area contributed by atoms with Gasteiger partial charge in [0.2, 0.25) is 0 Å². The molecule has 0 saturated heterocycles. The number of H-pyrrole nitrogens is 1. The van der Waals surface area contributed by atoms with Crippen LogP contribution in [0.4, 0.5) is 0 Å². The van der Waals surface area contributed by atoms with Gasteiger partial charge in [-0.2, -0.15) is 0 Å². The second-order valence-electron chi connectivity index (χ2n) is 9.10. The van der Waals surface area contributed by atoms with Crippen molar-refractivity contribution >= 4 is 63.5 Å². The molecule has 7 nitrogen and oxygen atoms in total. The van der Waals surface area contributed by atoms with E-state index in [1.165, 1.54) is 0 Å². The van der Waals surface area contributed by atoms with E-state index >= 15 is 0 Å². The van der Waals surface area contributed by atoms with Gasteiger partial charge in [0, 0.05) is 47.2 Å². The molecule has 1 aliphatic heterocycles. The third-order valence-electron chi connectivity index (χ3n) is 6.71. The Hall–Kier alpha value is -3.52. The third kappa shape index (κ3) is 5.10. The molecule has 0 bridgehead atoms. The molecule has 1 aliphatic rings. The zero-order valence-electron chi connectivity index (χ0n) is 19.9. The Balaban J connectivity index is 1.36. The van der Waals surface area contributed by atoms with Crippen LogP contribution in [0.15, 0.2) is 60.8 Å². The maximum Gasteiger partial charge on any atom is 0.326 e. The first-order valence-electron chi connectivity index (χ1n) is 11.9. The van der Waals surface area contributed by atoms with E-state index in [1.807, 2.05) is 24.3 Å². The van der Waals surface area contributed by atoms with Crippen LogP contribution in [0.25, 0.3) is 10.9 Å². The number of carbonyl (C=O) groups excluding carboxylic acids is 2. The number of carboxylic acids is 1. The van der Waals surface area contributed by atoms with Crippen LogP contribution in [-0.2, 0) is 24.2 Å². The number of carbonyl (C=O) groups is 3. The molecular weight excluding hydrogens is 549 g/mol. The van der Waals surface area contributed by atoms with Gasteiger partial charge in [-0.1, -0.05) is 53.0 Å². The summed E-state index contributed by atoms with van der Waals surface area (Å²) in [6.45, 7) is 0.672. The molecule has 38 heavy (non-hydrogen) atoms. The number of benzene rings is 3. The van der Waals surface area contributed by atoms with Gasteiger partial charge in [-0.05, 0) is 59.5 Å². The molecule has 194 valence electrons. The van der Waals surface area contributed by atoms with E-state index in [4.69, 9.17) is 34.8 Å². The van der Waals surface area contributed by atoms with Crippen LogP contribution < -0.4 is 5.32 Å². The van der Waals surface area contributed by atoms with Crippen LogP contribution >= 0.6 is 34.8 Å². The summed E-state index contributed by atoms with van der Waals surface area (Å²) in [5, 5.41) is 14.1. The minimum atomic E-state index is -1.20. The third-order valence-corrected chi connectivity index (χ3v) is 7.68. The Kier molecular flexibility index (Phi) is 7.34. The molecule has 3 N–H and O–H groups in total. The highest BCUT2D eigenvalue weighted by Gasteiger charge is 2.30. The number of hydrogen-bond donors (Lipinski definition) is 3. The molecule has 0 aliphatic carbocycles. The minimum Gasteiger partial charge on any atom is -0.480 e. The Labute approximate surface area is 233 Å². The lowest BCUT2D eigenvalue weighted by molar-refractivity contribution is -0.139. The Bertz CT molecular complexity index is 1570. The van der Waals surface area contributed by atoms with Crippen molar-refractivity contribution in [3.63, 3.8) is 0 Å². The predicted octanol–water partition coefficient (Wildman–Crippen LogP) is 5.75. The van der Waals surface area contributed by atoms with Gasteiger partial charge in [-0.25, -0.2) is 4.79 Å². The molecular formula is C28H22Cl3N3O4. The molecule has 2 heterocycles. The quantitative estimate of drug-likeness (QED) is 0.275. The molecule has 2 amide bonds. The van der Waals surface area contributed by atoms with E-state index in [1.54, 1.807) is 41.4 Å². The van der Waals surface area contributed by atoms with Crippen molar-refractivity contribution in [2.75, 3.05) is 6.54 Å². The van der Waals surface area contributed by atoms with Crippen molar-refractivity contribution in [2.24, 2.45) is 0 Å². The fourth-order valence-electron chi connectivity index (χ4n) is 4.76. The van der Waals surface area contributed by atoms with Gasteiger partial charge in [-0.15, -0.1) is 0 Å². The Morgan fingerprint density at radius 1 is 1.05 bits per heavy atom. The lowest BCUT2D eigenvalue weighted by Gasteiger charge is -2.30. The predicted molar refractivity (Wildman–Crippen MR) is 147 cm³/mol. The molecule has 3 aromatic carbocycles. The van der Waals surface area contributed by atoms with Gasteiger partial charge < -0.3 is 20.3 Å². The molecule has 10 heteroatoms. The van der Waals surface area contributed by atoms with Crippen molar-refractivity contribution in [1.82, 2.24) is 15.2 Å². The number of aromatic nitrogens is 1. The number of para-hydroxylation sites is 1. The zero-order chi connectivity index (χ0) is 27.0. The smallest absolute Gasteiger partial charge is 0.326 e. The van der Waals surface area contributed by atoms with Crippen molar-refractivity contribution in [3.8, 4) is 0 Å². The molecule has 0 fully saturated rings. The highest BCUT2D eigenvalue weighted by molar-refractivity contribution is 6.40. The fraction of sp³-hybridized carbons (Fsp3) is 0.179. The maximum atomic E-state index is 13.2. The monoisotopic (exact) mass is 569 g/mol. The molecule has 5 rings (SSSR count). The van der Waals surface area contributed by atoms with Crippen molar-refractivity contribution in [2.45, 2.75) is 25.4 Å². The summed E-state index contributed by atoms with van der Waals surface area (Å²) in [7, 11) is 0. The van der Waals surface area contributed by atoms with Gasteiger partial charge in [-0.3, -0.25) is 9.59 Å². The number of carboxylic acid groups (broad SMARTS) is 1. The first kappa shape index (κ1) is 26.1. The summed E-state index contributed by atoms with van der Waals surface area (Å²) >= 11 is 19.1. The fourth-order valence-corrected chi connectivity index (χ4v) is 5.65. The van der Waals surface area contributed by atoms with Gasteiger partial charge in [0.15, 0.2) is 0 Å². The standard InChI is InChI=1S/C28H22Cl3N3O4/c29-18-7-5-15(6-8-18)27(36)34-10-9-20-17(14-34)11-21(30)24(25(20)31)26(35)33-23(28(37)38)12-16-13-32-22-4-2-1-3-19(16)22/h1-8,11,13,23,32H,9-10,12,14H2,(H,33,35)(H,37,38)/t23-/m0/s1. The van der Waals surface area contributed by atoms with Crippen molar-refractivity contribution in [3.05, 3.63) is 104 Å². The highest BCUT2D eigenvalue weighted by Crippen LogP contribution is 2.35. The van der Waals surface area contributed by atoms with Gasteiger partial charge in [0.25, 0.3) is 11.8 Å². The number of aromatic amines is 1. The van der Waals surface area contributed by atoms with Crippen LogP contribution in [-0.4, -0.2) is 45.4 Å². The summed E-state index contributed by atoms with van der Waals surface area (Å²) in [4.78, 5) is 43.0. The van der Waals surface area contributed by atoms with Gasteiger partial charge in [0.1, 0.15) is 6.04 Å². The number of amides is 2. The van der Waals surface area contributed by atoms with Crippen molar-refractivity contribution < 1.29 is 19.5 Å². The first-order chi connectivity index (χ1) is 18.2. The first-order valence-corrected chi connectivity index (χ1v) is 13.0. The molecule has 0 spiro atoms. The van der Waals surface area contributed by atoms with E-state index in [0.717, 1.165) is 22.0 Å². The number of aliphatic carboxylic acids is 1. The summed E-state index contributed by atoms with van der Waals surface area (Å²) in [6.07, 6.45) is 2.23. The van der Waals surface area contributed by atoms with Crippen LogP contribution in [0, 0.1) is 0 Å². The van der Waals surface area contributed by atoms with E-state index < -0.39 is 17.9 Å². The van der Waals surface area contributed by atoms with E-state index in [2.05, 4.69) is 10.3 Å². The Morgan fingerprint density at radius 3 is 2.53 bits per heavy atom. The molecule has 0 unspecified atom stereocenters. The van der Waals surface area contributed by atoms with Crippen molar-refractivity contribution in [1.29, 1.82) is 0 Å². The number of nitrogens with one attached hydrogen (secondary N) is 2. The summed E-state index contributed by atoms with van der Waals surface area (Å²) in [6, 6.07) is 14.6. The average Bonchev–Trinajstić information content (AvgIpc) is 3.30. The van der Waals surface area contributed by atoms with Crippen LogP contribution in [0.2, 0.25) is 15.1 Å². The van der Waals surface area contributed by atoms with Crippen LogP contribution in [0.5, 0.6) is 0 Å². The largest absolute Gasteiger partial charge is 0.480 e. The molecule has 0 radical (unpaired) electrons. The second kappa shape index (κ2) is 10.7. The number of hydrogen-bond acceptors (Lipinski definition) is 3. The minimum absolute atomic E-state index is 0.0229. The highest BCUT2D eigenvalue weighted by atomic mass is 35.5. The molecule has 4 aromatic rings. The van der Waals surface area contributed by atoms with Crippen LogP contribution in [0.1, 0.15) is 37.4 Å². The summed E-state index contributed by atoms with van der Waals surface area (Å²) in [5.41, 5.74) is 3.63.